The highest BCUT2D eigenvalue weighted by Gasteiger charge is 2.19. The number of benzene rings is 2. The van der Waals surface area contributed by atoms with Gasteiger partial charge in [-0.2, -0.15) is 0 Å². The van der Waals surface area contributed by atoms with Crippen LogP contribution >= 0.6 is 0 Å². The van der Waals surface area contributed by atoms with Crippen molar-refractivity contribution in [2.24, 2.45) is 0 Å². The molecule has 2 aromatic carbocycles. The zero-order valence-electron chi connectivity index (χ0n) is 15.8. The Morgan fingerprint density at radius 3 is 2.33 bits per heavy atom. The molecule has 4 aromatic rings. The van der Waals surface area contributed by atoms with Crippen LogP contribution < -0.4 is 4.90 Å². The van der Waals surface area contributed by atoms with Gasteiger partial charge in [0.05, 0.1) is 5.39 Å². The van der Waals surface area contributed by atoms with Gasteiger partial charge >= 0.3 is 0 Å². The third-order valence-electron chi connectivity index (χ3n) is 4.89. The second-order valence-electron chi connectivity index (χ2n) is 6.79. The molecule has 4 rings (SSSR count). The van der Waals surface area contributed by atoms with Crippen molar-refractivity contribution in [2.75, 3.05) is 18.5 Å². The Labute approximate surface area is 160 Å². The first-order valence-corrected chi connectivity index (χ1v) is 9.47. The maximum Gasteiger partial charge on any atom is 0.150 e. The standard InChI is InChI=1S/C23H24N4/c1-3-4-15-26(2)22-21-20(18-11-7-5-8-12-18)16-27(23(21)25-17-24-22)19-13-9-6-10-14-19/h5-14,16-17H,3-4,15H2,1-2H3. The van der Waals surface area contributed by atoms with Crippen molar-refractivity contribution < 1.29 is 0 Å². The molecule has 0 aliphatic heterocycles. The average molecular weight is 356 g/mol. The largest absolute Gasteiger partial charge is 0.359 e. The normalized spacial score (nSPS) is 11.0. The van der Waals surface area contributed by atoms with Gasteiger partial charge in [0.1, 0.15) is 12.1 Å². The van der Waals surface area contributed by atoms with Crippen LogP contribution in [0.2, 0.25) is 0 Å². The summed E-state index contributed by atoms with van der Waals surface area (Å²) in [6.07, 6.45) is 6.16. The lowest BCUT2D eigenvalue weighted by Crippen LogP contribution is -2.20. The molecule has 0 atom stereocenters. The molecule has 0 unspecified atom stereocenters. The van der Waals surface area contributed by atoms with Crippen molar-refractivity contribution in [1.82, 2.24) is 14.5 Å². The molecule has 4 heteroatoms. The van der Waals surface area contributed by atoms with E-state index in [9.17, 15) is 0 Å². The second-order valence-corrected chi connectivity index (χ2v) is 6.79. The van der Waals surface area contributed by atoms with Crippen molar-refractivity contribution in [3.8, 4) is 16.8 Å². The van der Waals surface area contributed by atoms with Gasteiger partial charge in [0.15, 0.2) is 5.65 Å². The van der Waals surface area contributed by atoms with Crippen LogP contribution in [0.3, 0.4) is 0 Å². The molecule has 0 aliphatic carbocycles. The quantitative estimate of drug-likeness (QED) is 0.469. The molecule has 0 bridgehead atoms. The summed E-state index contributed by atoms with van der Waals surface area (Å²) in [7, 11) is 2.12. The van der Waals surface area contributed by atoms with Crippen molar-refractivity contribution in [1.29, 1.82) is 0 Å². The van der Waals surface area contributed by atoms with E-state index in [0.29, 0.717) is 0 Å². The predicted molar refractivity (Wildman–Crippen MR) is 112 cm³/mol. The number of rotatable bonds is 6. The fraction of sp³-hybridized carbons (Fsp3) is 0.217. The highest BCUT2D eigenvalue weighted by atomic mass is 15.2. The maximum absolute atomic E-state index is 4.65. The zero-order valence-corrected chi connectivity index (χ0v) is 15.8. The first-order valence-electron chi connectivity index (χ1n) is 9.47. The molecule has 136 valence electrons. The minimum atomic E-state index is 0.938. The van der Waals surface area contributed by atoms with E-state index in [4.69, 9.17) is 0 Å². The van der Waals surface area contributed by atoms with Crippen LogP contribution in [0.25, 0.3) is 27.8 Å². The first-order chi connectivity index (χ1) is 13.3. The van der Waals surface area contributed by atoms with Crippen LogP contribution in [0.4, 0.5) is 5.82 Å². The van der Waals surface area contributed by atoms with Gasteiger partial charge in [0.2, 0.25) is 0 Å². The Balaban J connectivity index is 1.97. The highest BCUT2D eigenvalue weighted by Crippen LogP contribution is 2.36. The third-order valence-corrected chi connectivity index (χ3v) is 4.89. The van der Waals surface area contributed by atoms with Gasteiger partial charge in [-0.05, 0) is 24.1 Å². The van der Waals surface area contributed by atoms with Crippen LogP contribution in [-0.2, 0) is 0 Å². The maximum atomic E-state index is 4.65. The molecule has 0 radical (unpaired) electrons. The highest BCUT2D eigenvalue weighted by molar-refractivity contribution is 6.02. The van der Waals surface area contributed by atoms with E-state index < -0.39 is 0 Å². The SMILES string of the molecule is CCCCN(C)c1ncnc2c1c(-c1ccccc1)cn2-c1ccccc1. The lowest BCUT2D eigenvalue weighted by molar-refractivity contribution is 0.761. The number of para-hydroxylation sites is 1. The fourth-order valence-corrected chi connectivity index (χ4v) is 3.46. The van der Waals surface area contributed by atoms with Gasteiger partial charge in [0, 0.05) is 31.0 Å². The summed E-state index contributed by atoms with van der Waals surface area (Å²) in [5.74, 6) is 0.988. The summed E-state index contributed by atoms with van der Waals surface area (Å²) < 4.78 is 2.16. The molecular formula is C23H24N4. The van der Waals surface area contributed by atoms with Gasteiger partial charge in [-0.1, -0.05) is 61.9 Å². The number of hydrogen-bond acceptors (Lipinski definition) is 3. The molecule has 4 nitrogen and oxygen atoms in total. The van der Waals surface area contributed by atoms with E-state index in [-0.39, 0.29) is 0 Å². The second kappa shape index (κ2) is 7.62. The molecule has 0 amide bonds. The summed E-state index contributed by atoms with van der Waals surface area (Å²) in [5.41, 5.74) is 4.38. The third kappa shape index (κ3) is 3.31. The summed E-state index contributed by atoms with van der Waals surface area (Å²) in [6, 6.07) is 20.8. The van der Waals surface area contributed by atoms with E-state index in [1.807, 2.05) is 12.1 Å². The number of hydrogen-bond donors (Lipinski definition) is 0. The van der Waals surface area contributed by atoms with Crippen molar-refractivity contribution in [3.63, 3.8) is 0 Å². The number of nitrogens with zero attached hydrogens (tertiary/aromatic N) is 4. The summed E-state index contributed by atoms with van der Waals surface area (Å²) in [5, 5.41) is 1.10. The molecule has 0 saturated heterocycles. The molecular weight excluding hydrogens is 332 g/mol. The Bertz CT molecular complexity index is 1020. The van der Waals surface area contributed by atoms with E-state index >= 15 is 0 Å². The molecule has 2 aromatic heterocycles. The average Bonchev–Trinajstić information content (AvgIpc) is 3.13. The van der Waals surface area contributed by atoms with E-state index in [0.717, 1.165) is 47.5 Å². The molecule has 27 heavy (non-hydrogen) atoms. The molecule has 2 heterocycles. The van der Waals surface area contributed by atoms with Crippen molar-refractivity contribution in [3.05, 3.63) is 73.2 Å². The first kappa shape index (κ1) is 17.3. The summed E-state index contributed by atoms with van der Waals surface area (Å²) >= 11 is 0. The fourth-order valence-electron chi connectivity index (χ4n) is 3.46. The monoisotopic (exact) mass is 356 g/mol. The van der Waals surface area contributed by atoms with Gasteiger partial charge in [-0.3, -0.25) is 0 Å². The topological polar surface area (TPSA) is 34.0 Å². The van der Waals surface area contributed by atoms with Gasteiger partial charge in [-0.25, -0.2) is 9.97 Å². The van der Waals surface area contributed by atoms with Crippen LogP contribution in [-0.4, -0.2) is 28.1 Å². The number of aromatic nitrogens is 3. The Kier molecular flexibility index (Phi) is 4.88. The Morgan fingerprint density at radius 1 is 0.926 bits per heavy atom. The minimum absolute atomic E-state index is 0.938. The Morgan fingerprint density at radius 2 is 1.63 bits per heavy atom. The van der Waals surface area contributed by atoms with Gasteiger partial charge in [-0.15, -0.1) is 0 Å². The van der Waals surface area contributed by atoms with Crippen LogP contribution in [0, 0.1) is 0 Å². The summed E-state index contributed by atoms with van der Waals surface area (Å²) in [6.45, 7) is 3.19. The molecule has 0 spiro atoms. The van der Waals surface area contributed by atoms with Gasteiger partial charge < -0.3 is 9.47 Å². The van der Waals surface area contributed by atoms with Crippen LogP contribution in [0.5, 0.6) is 0 Å². The number of unbranched alkanes of at least 4 members (excludes halogenated alkanes) is 1. The van der Waals surface area contributed by atoms with E-state index in [1.165, 1.54) is 5.56 Å². The number of anilines is 1. The minimum Gasteiger partial charge on any atom is -0.359 e. The molecule has 0 aliphatic rings. The van der Waals surface area contributed by atoms with Crippen LogP contribution in [0.1, 0.15) is 19.8 Å². The predicted octanol–water partition coefficient (Wildman–Crippen LogP) is 5.32. The zero-order chi connectivity index (χ0) is 18.6. The molecule has 0 N–H and O–H groups in total. The van der Waals surface area contributed by atoms with Crippen molar-refractivity contribution in [2.45, 2.75) is 19.8 Å². The summed E-state index contributed by atoms with van der Waals surface area (Å²) in [4.78, 5) is 11.6. The molecule has 0 fully saturated rings. The molecule has 0 saturated carbocycles. The van der Waals surface area contributed by atoms with Crippen molar-refractivity contribution >= 4 is 16.9 Å². The van der Waals surface area contributed by atoms with Crippen LogP contribution in [0.15, 0.2) is 73.2 Å². The van der Waals surface area contributed by atoms with E-state index in [1.54, 1.807) is 6.33 Å². The lowest BCUT2D eigenvalue weighted by atomic mass is 10.1. The number of fused-ring (bicyclic) bond motifs is 1. The Hall–Kier alpha value is -3.14. The smallest absolute Gasteiger partial charge is 0.150 e. The lowest BCUT2D eigenvalue weighted by Gasteiger charge is -2.19. The van der Waals surface area contributed by atoms with E-state index in [2.05, 4.69) is 88.1 Å². The van der Waals surface area contributed by atoms with Gasteiger partial charge in [0.25, 0.3) is 0 Å².